The summed E-state index contributed by atoms with van der Waals surface area (Å²) in [5.41, 5.74) is -0.551. The van der Waals surface area contributed by atoms with E-state index in [4.69, 9.17) is 23.2 Å². The average molecular weight is 279 g/mol. The second-order valence-electron chi connectivity index (χ2n) is 3.11. The summed E-state index contributed by atoms with van der Waals surface area (Å²) in [6, 6.07) is 4.13. The lowest BCUT2D eigenvalue weighted by atomic mass is 10.2. The highest BCUT2D eigenvalue weighted by molar-refractivity contribution is 6.36. The van der Waals surface area contributed by atoms with Crippen LogP contribution in [-0.4, -0.2) is 0 Å². The molecule has 1 aromatic rings. The Balaban J connectivity index is 3.17. The molecule has 1 aromatic carbocycles. The predicted octanol–water partition coefficient (Wildman–Crippen LogP) is 5.15. The monoisotopic (exact) mass is 278 g/mol. The minimum absolute atomic E-state index is 0.0500. The Bertz CT molecular complexity index is 436. The van der Waals surface area contributed by atoms with Crippen molar-refractivity contribution in [1.29, 1.82) is 0 Å². The molecule has 0 radical (unpaired) electrons. The zero-order valence-corrected chi connectivity index (χ0v) is 10.5. The second kappa shape index (κ2) is 5.52. The summed E-state index contributed by atoms with van der Waals surface area (Å²) in [4.78, 5) is 0. The van der Waals surface area contributed by atoms with Gasteiger partial charge in [0.1, 0.15) is 11.3 Å². The standard InChI is InChI=1S/C12H10Cl2F2O/c1-3-8(4-2)17-12(15,16)11-9(13)6-5-7-10(11)14/h3-7H,1H2,2H3/b8-4+. The molecule has 0 aliphatic heterocycles. The lowest BCUT2D eigenvalue weighted by molar-refractivity contribution is -0.221. The molecular formula is C12H10Cl2F2O. The maximum atomic E-state index is 13.8. The van der Waals surface area contributed by atoms with Gasteiger partial charge < -0.3 is 4.74 Å². The molecule has 0 spiro atoms. The molecule has 92 valence electrons. The molecule has 0 aliphatic carbocycles. The van der Waals surface area contributed by atoms with Crippen molar-refractivity contribution in [1.82, 2.24) is 0 Å². The van der Waals surface area contributed by atoms with E-state index in [1.165, 1.54) is 30.4 Å². The molecule has 0 amide bonds. The van der Waals surface area contributed by atoms with Gasteiger partial charge in [-0.2, -0.15) is 8.78 Å². The van der Waals surface area contributed by atoms with E-state index >= 15 is 0 Å². The Labute approximate surface area is 108 Å². The number of hydrogen-bond donors (Lipinski definition) is 0. The number of rotatable bonds is 4. The van der Waals surface area contributed by atoms with Gasteiger partial charge in [-0.3, -0.25) is 0 Å². The van der Waals surface area contributed by atoms with E-state index < -0.39 is 11.7 Å². The third-order valence-electron chi connectivity index (χ3n) is 1.99. The summed E-state index contributed by atoms with van der Waals surface area (Å²) in [6.45, 7) is 4.92. The van der Waals surface area contributed by atoms with Gasteiger partial charge in [-0.15, -0.1) is 0 Å². The van der Waals surface area contributed by atoms with Gasteiger partial charge in [0.15, 0.2) is 0 Å². The third-order valence-corrected chi connectivity index (χ3v) is 2.62. The molecule has 0 aromatic heterocycles. The van der Waals surface area contributed by atoms with Crippen LogP contribution in [0, 0.1) is 0 Å². The molecule has 0 heterocycles. The molecule has 0 N–H and O–H groups in total. The number of hydrogen-bond acceptors (Lipinski definition) is 1. The fourth-order valence-corrected chi connectivity index (χ4v) is 1.81. The van der Waals surface area contributed by atoms with Crippen LogP contribution < -0.4 is 0 Å². The maximum absolute atomic E-state index is 13.8. The van der Waals surface area contributed by atoms with Crippen LogP contribution >= 0.6 is 23.2 Å². The van der Waals surface area contributed by atoms with Crippen molar-refractivity contribution in [2.24, 2.45) is 0 Å². The van der Waals surface area contributed by atoms with Crippen molar-refractivity contribution in [2.75, 3.05) is 0 Å². The van der Waals surface area contributed by atoms with Gasteiger partial charge in [0.05, 0.1) is 10.0 Å². The second-order valence-corrected chi connectivity index (χ2v) is 3.93. The van der Waals surface area contributed by atoms with Crippen molar-refractivity contribution in [3.63, 3.8) is 0 Å². The van der Waals surface area contributed by atoms with Gasteiger partial charge in [-0.1, -0.05) is 35.8 Å². The van der Waals surface area contributed by atoms with Crippen LogP contribution in [0.3, 0.4) is 0 Å². The third kappa shape index (κ3) is 3.20. The van der Waals surface area contributed by atoms with Crippen molar-refractivity contribution >= 4 is 23.2 Å². The molecule has 0 bridgehead atoms. The number of ether oxygens (including phenoxy) is 1. The van der Waals surface area contributed by atoms with E-state index in [1.807, 2.05) is 0 Å². The van der Waals surface area contributed by atoms with Gasteiger partial charge >= 0.3 is 6.11 Å². The summed E-state index contributed by atoms with van der Waals surface area (Å²) < 4.78 is 32.2. The number of alkyl halides is 2. The Hall–Kier alpha value is -1.06. The highest BCUT2D eigenvalue weighted by Crippen LogP contribution is 2.40. The van der Waals surface area contributed by atoms with E-state index in [1.54, 1.807) is 6.92 Å². The first-order valence-electron chi connectivity index (χ1n) is 4.72. The lowest BCUT2D eigenvalue weighted by Gasteiger charge is -2.20. The van der Waals surface area contributed by atoms with Crippen molar-refractivity contribution < 1.29 is 13.5 Å². The summed E-state index contributed by atoms with van der Waals surface area (Å²) in [5, 5.41) is -0.302. The molecular weight excluding hydrogens is 269 g/mol. The SMILES string of the molecule is C=C/C(=C\C)OC(F)(F)c1c(Cl)cccc1Cl. The Morgan fingerprint density at radius 2 is 1.88 bits per heavy atom. The van der Waals surface area contributed by atoms with Crippen LogP contribution in [-0.2, 0) is 10.8 Å². The molecule has 17 heavy (non-hydrogen) atoms. The highest BCUT2D eigenvalue weighted by Gasteiger charge is 2.39. The zero-order chi connectivity index (χ0) is 13.1. The summed E-state index contributed by atoms with van der Waals surface area (Å²) in [5.74, 6) is -0.0500. The molecule has 1 nitrogen and oxygen atoms in total. The van der Waals surface area contributed by atoms with Crippen LogP contribution in [0.1, 0.15) is 12.5 Å². The van der Waals surface area contributed by atoms with Crippen LogP contribution in [0.25, 0.3) is 0 Å². The summed E-state index contributed by atoms with van der Waals surface area (Å²) in [6.07, 6.45) is -1.06. The molecule has 1 rings (SSSR count). The van der Waals surface area contributed by atoms with Crippen LogP contribution in [0.15, 0.2) is 42.7 Å². The fraction of sp³-hybridized carbons (Fsp3) is 0.167. The van der Waals surface area contributed by atoms with Crippen molar-refractivity contribution in [2.45, 2.75) is 13.0 Å². The van der Waals surface area contributed by atoms with Crippen molar-refractivity contribution in [3.8, 4) is 0 Å². The van der Waals surface area contributed by atoms with Gasteiger partial charge in [0, 0.05) is 0 Å². The number of allylic oxidation sites excluding steroid dienone is 2. The van der Waals surface area contributed by atoms with Gasteiger partial charge in [0.25, 0.3) is 0 Å². The highest BCUT2D eigenvalue weighted by atomic mass is 35.5. The van der Waals surface area contributed by atoms with E-state index in [2.05, 4.69) is 11.3 Å². The smallest absolute Gasteiger partial charge is 0.429 e. The molecule has 0 unspecified atom stereocenters. The van der Waals surface area contributed by atoms with E-state index in [-0.39, 0.29) is 15.8 Å². The van der Waals surface area contributed by atoms with Gasteiger partial charge in [-0.25, -0.2) is 0 Å². The normalized spacial score (nSPS) is 12.4. The lowest BCUT2D eigenvalue weighted by Crippen LogP contribution is -2.18. The fourth-order valence-electron chi connectivity index (χ4n) is 1.19. The molecule has 0 aliphatic rings. The minimum Gasteiger partial charge on any atom is -0.429 e. The number of halogens is 4. The quantitative estimate of drug-likeness (QED) is 0.547. The van der Waals surface area contributed by atoms with Crippen LogP contribution in [0.4, 0.5) is 8.78 Å². The number of benzene rings is 1. The van der Waals surface area contributed by atoms with Crippen LogP contribution in [0.2, 0.25) is 10.0 Å². The molecule has 0 saturated heterocycles. The molecule has 0 fully saturated rings. The van der Waals surface area contributed by atoms with E-state index in [0.717, 1.165) is 0 Å². The first-order chi connectivity index (χ1) is 7.92. The zero-order valence-electron chi connectivity index (χ0n) is 9.01. The summed E-state index contributed by atoms with van der Waals surface area (Å²) in [7, 11) is 0. The first-order valence-corrected chi connectivity index (χ1v) is 5.48. The Morgan fingerprint density at radius 3 is 2.29 bits per heavy atom. The Kier molecular flexibility index (Phi) is 4.54. The van der Waals surface area contributed by atoms with Crippen molar-refractivity contribution in [3.05, 3.63) is 58.3 Å². The van der Waals surface area contributed by atoms with Crippen LogP contribution in [0.5, 0.6) is 0 Å². The maximum Gasteiger partial charge on any atom is 0.429 e. The first kappa shape index (κ1) is 14.0. The van der Waals surface area contributed by atoms with Gasteiger partial charge in [0.2, 0.25) is 0 Å². The predicted molar refractivity (Wildman–Crippen MR) is 65.4 cm³/mol. The van der Waals surface area contributed by atoms with E-state index in [9.17, 15) is 8.78 Å². The van der Waals surface area contributed by atoms with Gasteiger partial charge in [-0.05, 0) is 31.2 Å². The average Bonchev–Trinajstić information content (AvgIpc) is 2.25. The summed E-state index contributed by atoms with van der Waals surface area (Å²) >= 11 is 11.4. The Morgan fingerprint density at radius 1 is 1.35 bits per heavy atom. The molecule has 0 atom stereocenters. The molecule has 5 heteroatoms. The topological polar surface area (TPSA) is 9.23 Å². The largest absolute Gasteiger partial charge is 0.429 e. The molecule has 0 saturated carbocycles. The minimum atomic E-state index is -3.61. The van der Waals surface area contributed by atoms with E-state index in [0.29, 0.717) is 0 Å².